The van der Waals surface area contributed by atoms with Gasteiger partial charge in [0.05, 0.1) is 28.9 Å². The molecule has 0 aliphatic heterocycles. The molecule has 1 aromatic heterocycles. The predicted molar refractivity (Wildman–Crippen MR) is 148 cm³/mol. The van der Waals surface area contributed by atoms with Crippen LogP contribution < -0.4 is 11.1 Å². The Morgan fingerprint density at radius 2 is 1.81 bits per heavy atom. The number of aliphatic carboxylic acids is 1. The number of carbonyl (C=O) groups is 4. The molecule has 224 valence electrons. The molecule has 1 heterocycles. The smallest absolute Gasteiger partial charge is 0.479 e. The third kappa shape index (κ3) is 10.1. The molecule has 2 amide bonds. The highest BCUT2D eigenvalue weighted by molar-refractivity contribution is 5.94. The highest BCUT2D eigenvalue weighted by Gasteiger charge is 2.34. The number of hydrogen-bond donors (Lipinski definition) is 4. The Labute approximate surface area is 241 Å². The Morgan fingerprint density at radius 1 is 1.10 bits per heavy atom. The van der Waals surface area contributed by atoms with Crippen LogP contribution in [0.2, 0.25) is 0 Å². The quantitative estimate of drug-likeness (QED) is 0.205. The van der Waals surface area contributed by atoms with E-state index >= 15 is 0 Å². The normalized spacial score (nSPS) is 13.5. The zero-order valence-electron chi connectivity index (χ0n) is 23.2. The fraction of sp³-hybridized carbons (Fsp3) is 0.379. The van der Waals surface area contributed by atoms with Crippen LogP contribution in [0.4, 0.5) is 9.18 Å². The third-order valence-corrected chi connectivity index (χ3v) is 6.38. The predicted octanol–water partition coefficient (Wildman–Crippen LogP) is 2.76. The number of carbonyl (C=O) groups excluding carboxylic acids is 3. The van der Waals surface area contributed by atoms with Gasteiger partial charge in [-0.15, -0.1) is 0 Å². The first-order chi connectivity index (χ1) is 19.8. The maximum atomic E-state index is 14.1. The number of hydrogen-bond acceptors (Lipinski definition) is 9. The van der Waals surface area contributed by atoms with Crippen molar-refractivity contribution in [2.24, 2.45) is 11.7 Å². The molecule has 5 N–H and O–H groups in total. The number of carboxylic acid groups (broad SMARTS) is 1. The van der Waals surface area contributed by atoms with Crippen molar-refractivity contribution in [1.82, 2.24) is 15.3 Å². The van der Waals surface area contributed by atoms with Gasteiger partial charge in [-0.25, -0.2) is 19.0 Å². The number of fused-ring (bicyclic) bond motifs is 1. The number of nitrogens with one attached hydrogen (secondary N) is 1. The van der Waals surface area contributed by atoms with Gasteiger partial charge in [-0.1, -0.05) is 24.3 Å². The number of aliphatic hydroxyl groups is 1. The largest absolute Gasteiger partial charge is 0.509 e. The average Bonchev–Trinajstić information content (AvgIpc) is 2.92. The van der Waals surface area contributed by atoms with E-state index in [0.29, 0.717) is 16.6 Å². The molecule has 0 spiro atoms. The van der Waals surface area contributed by atoms with E-state index in [1.807, 2.05) is 0 Å². The summed E-state index contributed by atoms with van der Waals surface area (Å²) < 4.78 is 24.1. The number of benzene rings is 2. The zero-order chi connectivity index (χ0) is 30.9. The second kappa shape index (κ2) is 14.3. The third-order valence-electron chi connectivity index (χ3n) is 6.38. The van der Waals surface area contributed by atoms with Crippen LogP contribution in [0.3, 0.4) is 0 Å². The lowest BCUT2D eigenvalue weighted by Gasteiger charge is -2.30. The van der Waals surface area contributed by atoms with Gasteiger partial charge < -0.3 is 30.7 Å². The summed E-state index contributed by atoms with van der Waals surface area (Å²) in [5.41, 5.74) is 5.88. The number of ether oxygens (including phenoxy) is 2. The molecule has 3 atom stereocenters. The monoisotopic (exact) mass is 584 g/mol. The van der Waals surface area contributed by atoms with Crippen LogP contribution in [0.15, 0.2) is 54.7 Å². The molecule has 12 nitrogen and oxygen atoms in total. The number of nitrogens with zero attached hydrogens (tertiary/aromatic N) is 2. The Bertz CT molecular complexity index is 1430. The molecule has 13 heteroatoms. The standard InChI is InChI=1S/C29H33FN4O8/c1-29(2,40)11-10-18(26(31)37)14-24(42-28(39)41-16-25(35)36)22(13-17-6-5-7-19(30)12-17)34-27(38)23-15-32-20-8-3-4-9-21(20)33-23/h3-9,12,15,18,22,24,40H,10-11,13-14,16H2,1-2H3,(H2,31,37)(H,34,38)(H,35,36)/t18-,22+,24+/m1/s1. The lowest BCUT2D eigenvalue weighted by atomic mass is 9.87. The van der Waals surface area contributed by atoms with Gasteiger partial charge in [-0.05, 0) is 69.4 Å². The first-order valence-electron chi connectivity index (χ1n) is 13.1. The summed E-state index contributed by atoms with van der Waals surface area (Å²) >= 11 is 0. The molecule has 0 fully saturated rings. The van der Waals surface area contributed by atoms with Crippen LogP contribution in [0, 0.1) is 11.7 Å². The molecule has 3 rings (SSSR count). The number of primary amides is 1. The maximum Gasteiger partial charge on any atom is 0.509 e. The number of para-hydroxylation sites is 2. The Morgan fingerprint density at radius 3 is 2.45 bits per heavy atom. The molecule has 0 unspecified atom stereocenters. The summed E-state index contributed by atoms with van der Waals surface area (Å²) in [6.07, 6.45) is -1.41. The molecule has 0 aliphatic rings. The van der Waals surface area contributed by atoms with Gasteiger partial charge in [-0.3, -0.25) is 14.6 Å². The molecule has 0 radical (unpaired) electrons. The molecular weight excluding hydrogens is 551 g/mol. The number of aromatic nitrogens is 2. The van der Waals surface area contributed by atoms with Crippen LogP contribution in [0.5, 0.6) is 0 Å². The van der Waals surface area contributed by atoms with E-state index in [0.717, 1.165) is 0 Å². The van der Waals surface area contributed by atoms with Crippen molar-refractivity contribution < 1.29 is 43.3 Å². The zero-order valence-corrected chi connectivity index (χ0v) is 23.2. The van der Waals surface area contributed by atoms with Crippen LogP contribution in [0.25, 0.3) is 11.0 Å². The second-order valence-electron chi connectivity index (χ2n) is 10.4. The Kier molecular flexibility index (Phi) is 10.9. The minimum atomic E-state index is -1.43. The van der Waals surface area contributed by atoms with Crippen molar-refractivity contribution in [2.75, 3.05) is 6.61 Å². The molecule has 0 saturated carbocycles. The van der Waals surface area contributed by atoms with Crippen molar-refractivity contribution in [2.45, 2.75) is 57.3 Å². The summed E-state index contributed by atoms with van der Waals surface area (Å²) in [5.74, 6) is -4.35. The van der Waals surface area contributed by atoms with Gasteiger partial charge in [0, 0.05) is 5.92 Å². The first-order valence-corrected chi connectivity index (χ1v) is 13.1. The second-order valence-corrected chi connectivity index (χ2v) is 10.4. The summed E-state index contributed by atoms with van der Waals surface area (Å²) in [6, 6.07) is 11.3. The number of rotatable bonds is 14. The van der Waals surface area contributed by atoms with Crippen molar-refractivity contribution in [1.29, 1.82) is 0 Å². The lowest BCUT2D eigenvalue weighted by Crippen LogP contribution is -2.48. The molecule has 0 aliphatic carbocycles. The van der Waals surface area contributed by atoms with Gasteiger partial charge in [-0.2, -0.15) is 0 Å². The minimum Gasteiger partial charge on any atom is -0.479 e. The van der Waals surface area contributed by atoms with Gasteiger partial charge in [0.2, 0.25) is 5.91 Å². The van der Waals surface area contributed by atoms with E-state index in [1.165, 1.54) is 24.4 Å². The van der Waals surface area contributed by atoms with E-state index < -0.39 is 60.0 Å². The van der Waals surface area contributed by atoms with Gasteiger partial charge >= 0.3 is 12.1 Å². The fourth-order valence-electron chi connectivity index (χ4n) is 4.26. The van der Waals surface area contributed by atoms with Gasteiger partial charge in [0.15, 0.2) is 6.61 Å². The summed E-state index contributed by atoms with van der Waals surface area (Å²) in [5, 5.41) is 21.8. The number of halogens is 1. The lowest BCUT2D eigenvalue weighted by molar-refractivity contribution is -0.141. The van der Waals surface area contributed by atoms with Crippen molar-refractivity contribution in [3.63, 3.8) is 0 Å². The number of nitrogens with two attached hydrogens (primary N) is 1. The van der Waals surface area contributed by atoms with Crippen LogP contribution >= 0.6 is 0 Å². The Balaban J connectivity index is 1.97. The minimum absolute atomic E-state index is 0.0568. The van der Waals surface area contributed by atoms with E-state index in [-0.39, 0.29) is 31.4 Å². The van der Waals surface area contributed by atoms with E-state index in [2.05, 4.69) is 20.0 Å². The molecule has 2 aromatic carbocycles. The summed E-state index contributed by atoms with van der Waals surface area (Å²) in [4.78, 5) is 57.7. The molecule has 0 bridgehead atoms. The molecule has 0 saturated heterocycles. The van der Waals surface area contributed by atoms with E-state index in [1.54, 1.807) is 44.2 Å². The molecule has 42 heavy (non-hydrogen) atoms. The van der Waals surface area contributed by atoms with Crippen molar-refractivity contribution >= 4 is 35.0 Å². The highest BCUT2D eigenvalue weighted by Crippen LogP contribution is 2.24. The SMILES string of the molecule is CC(C)(O)CC[C@H](C[C@H](OC(=O)OCC(=O)O)[C@H](Cc1cccc(F)c1)NC(=O)c1cnc2ccccc2n1)C(N)=O. The summed E-state index contributed by atoms with van der Waals surface area (Å²) in [7, 11) is 0. The number of carboxylic acids is 1. The van der Waals surface area contributed by atoms with Crippen LogP contribution in [0.1, 0.15) is 49.2 Å². The number of amides is 2. The molecule has 3 aromatic rings. The Hall–Kier alpha value is -4.65. The van der Waals surface area contributed by atoms with Gasteiger partial charge in [0.25, 0.3) is 5.91 Å². The average molecular weight is 585 g/mol. The summed E-state index contributed by atoms with van der Waals surface area (Å²) in [6.45, 7) is 2.12. The van der Waals surface area contributed by atoms with Crippen molar-refractivity contribution in [3.05, 3.63) is 71.8 Å². The van der Waals surface area contributed by atoms with Gasteiger partial charge in [0.1, 0.15) is 17.6 Å². The maximum absolute atomic E-state index is 14.1. The first kappa shape index (κ1) is 31.9. The van der Waals surface area contributed by atoms with Crippen LogP contribution in [-0.4, -0.2) is 68.5 Å². The van der Waals surface area contributed by atoms with E-state index in [9.17, 15) is 28.7 Å². The van der Waals surface area contributed by atoms with E-state index in [4.69, 9.17) is 15.6 Å². The van der Waals surface area contributed by atoms with Crippen molar-refractivity contribution in [3.8, 4) is 0 Å². The molecular formula is C29H33FN4O8. The topological polar surface area (TPSA) is 191 Å². The van der Waals surface area contributed by atoms with Crippen LogP contribution in [-0.2, 0) is 25.5 Å². The fourth-order valence-corrected chi connectivity index (χ4v) is 4.26. The highest BCUT2D eigenvalue weighted by atomic mass is 19.1.